The van der Waals surface area contributed by atoms with Crippen molar-refractivity contribution < 1.29 is 28.2 Å². The number of nitrogens with zero attached hydrogens (tertiary/aromatic N) is 1. The Balaban J connectivity index is 2.37. The second-order valence-corrected chi connectivity index (χ2v) is 11.5. The molecule has 0 atom stereocenters. The second kappa shape index (κ2) is 12.9. The zero-order valence-electron chi connectivity index (χ0n) is 21.4. The fourth-order valence-electron chi connectivity index (χ4n) is 4.18. The summed E-state index contributed by atoms with van der Waals surface area (Å²) < 4.78 is 26.7. The van der Waals surface area contributed by atoms with Crippen LogP contribution in [0.3, 0.4) is 0 Å². The van der Waals surface area contributed by atoms with Crippen LogP contribution in [0, 0.1) is 0 Å². The monoisotopic (exact) mass is 505 g/mol. The van der Waals surface area contributed by atoms with E-state index >= 15 is 0 Å². The smallest absolute Gasteiger partial charge is 0.229 e. The van der Waals surface area contributed by atoms with Crippen molar-refractivity contribution in [2.75, 3.05) is 12.3 Å². The summed E-state index contributed by atoms with van der Waals surface area (Å²) in [5.74, 6) is -1.80. The van der Waals surface area contributed by atoms with Gasteiger partial charge in [0.2, 0.25) is 11.8 Å². The lowest BCUT2D eigenvalue weighted by Gasteiger charge is -2.18. The summed E-state index contributed by atoms with van der Waals surface area (Å²) in [4.78, 5) is 24.6. The molecular formula is C27H39NO6S. The summed E-state index contributed by atoms with van der Waals surface area (Å²) in [6.07, 6.45) is 9.04. The van der Waals surface area contributed by atoms with Crippen molar-refractivity contribution in [3.05, 3.63) is 40.5 Å². The quantitative estimate of drug-likeness (QED) is 0.222. The van der Waals surface area contributed by atoms with Gasteiger partial charge in [-0.1, -0.05) is 43.1 Å². The van der Waals surface area contributed by atoms with Gasteiger partial charge in [-0.2, -0.15) is 0 Å². The maximum absolute atomic E-state index is 13.4. The van der Waals surface area contributed by atoms with E-state index < -0.39 is 21.3 Å². The van der Waals surface area contributed by atoms with Crippen LogP contribution in [0.1, 0.15) is 83.8 Å². The largest absolute Gasteiger partial charge is 0.508 e. The molecule has 7 nitrogen and oxygen atoms in total. The number of amides is 2. The van der Waals surface area contributed by atoms with E-state index in [0.29, 0.717) is 18.4 Å². The fraction of sp³-hybridized carbons (Fsp3) is 0.556. The van der Waals surface area contributed by atoms with E-state index in [2.05, 4.69) is 6.08 Å². The molecule has 1 saturated heterocycles. The van der Waals surface area contributed by atoms with E-state index in [1.165, 1.54) is 11.6 Å². The Labute approximate surface area is 209 Å². The molecule has 35 heavy (non-hydrogen) atoms. The van der Waals surface area contributed by atoms with Crippen molar-refractivity contribution in [2.45, 2.75) is 90.4 Å². The third-order valence-corrected chi connectivity index (χ3v) is 8.06. The number of benzene rings is 1. The van der Waals surface area contributed by atoms with Crippen molar-refractivity contribution >= 4 is 21.7 Å². The molecule has 0 radical (unpaired) electrons. The first-order chi connectivity index (χ1) is 16.5. The van der Waals surface area contributed by atoms with Crippen LogP contribution in [0.2, 0.25) is 0 Å². The number of carbonyl (C=O) groups is 2. The molecule has 1 fully saturated rings. The molecular weight excluding hydrogens is 466 g/mol. The Bertz CT molecular complexity index is 1080. The Hall–Kier alpha value is -2.61. The number of phenolic OH excluding ortho intramolecular Hbond substituents is 2. The lowest BCUT2D eigenvalue weighted by Crippen LogP contribution is -2.34. The summed E-state index contributed by atoms with van der Waals surface area (Å²) in [5.41, 5.74) is 2.83. The number of hydrogen-bond donors (Lipinski definition) is 2. The number of sulfone groups is 1. The third kappa shape index (κ3) is 7.95. The first kappa shape index (κ1) is 28.6. The van der Waals surface area contributed by atoms with Crippen LogP contribution in [-0.4, -0.2) is 47.6 Å². The number of hydrogen-bond acceptors (Lipinski definition) is 6. The Morgan fingerprint density at radius 2 is 1.71 bits per heavy atom. The molecule has 0 bridgehead atoms. The van der Waals surface area contributed by atoms with Crippen molar-refractivity contribution in [2.24, 2.45) is 0 Å². The van der Waals surface area contributed by atoms with Crippen molar-refractivity contribution in [1.29, 1.82) is 0 Å². The van der Waals surface area contributed by atoms with E-state index in [1.54, 1.807) is 0 Å². The van der Waals surface area contributed by atoms with Gasteiger partial charge in [-0.05, 0) is 64.5 Å². The van der Waals surface area contributed by atoms with Crippen LogP contribution in [0.5, 0.6) is 11.5 Å². The minimum atomic E-state index is -4.03. The molecule has 0 saturated carbocycles. The summed E-state index contributed by atoms with van der Waals surface area (Å²) in [6, 6.07) is 1.44. The third-order valence-electron chi connectivity index (χ3n) is 6.26. The molecule has 0 spiro atoms. The van der Waals surface area contributed by atoms with Crippen molar-refractivity contribution in [1.82, 2.24) is 4.90 Å². The second-order valence-electron chi connectivity index (χ2n) is 9.50. The van der Waals surface area contributed by atoms with E-state index in [4.69, 9.17) is 0 Å². The molecule has 8 heteroatoms. The van der Waals surface area contributed by atoms with E-state index in [0.717, 1.165) is 36.2 Å². The molecule has 0 unspecified atom stereocenters. The van der Waals surface area contributed by atoms with Crippen LogP contribution >= 0.6 is 0 Å². The summed E-state index contributed by atoms with van der Waals surface area (Å²) in [5, 5.41) is 21.7. The van der Waals surface area contributed by atoms with Gasteiger partial charge < -0.3 is 10.2 Å². The van der Waals surface area contributed by atoms with Gasteiger partial charge in [0.15, 0.2) is 9.84 Å². The van der Waals surface area contributed by atoms with Crippen LogP contribution < -0.4 is 0 Å². The van der Waals surface area contributed by atoms with Crippen LogP contribution in [0.25, 0.3) is 0 Å². The number of allylic oxidation sites excluding steroid dienone is 4. The highest BCUT2D eigenvalue weighted by atomic mass is 32.2. The first-order valence-corrected chi connectivity index (χ1v) is 14.0. The van der Waals surface area contributed by atoms with Gasteiger partial charge >= 0.3 is 0 Å². The predicted octanol–water partition coefficient (Wildman–Crippen LogP) is 4.99. The van der Waals surface area contributed by atoms with Gasteiger partial charge in [-0.3, -0.25) is 14.5 Å². The molecule has 1 aromatic carbocycles. The fourth-order valence-corrected chi connectivity index (χ4v) is 5.79. The van der Waals surface area contributed by atoms with E-state index in [1.807, 2.05) is 33.8 Å². The number of carbonyl (C=O) groups excluding carboxylic acids is 2. The lowest BCUT2D eigenvalue weighted by molar-refractivity contribution is -0.137. The Morgan fingerprint density at radius 1 is 1.06 bits per heavy atom. The number of aromatic hydroxyl groups is 2. The maximum atomic E-state index is 13.4. The Kier molecular flexibility index (Phi) is 10.6. The summed E-state index contributed by atoms with van der Waals surface area (Å²) in [7, 11) is -4.03. The maximum Gasteiger partial charge on any atom is 0.229 e. The number of likely N-dealkylation sites (tertiary alicyclic amines) is 1. The van der Waals surface area contributed by atoms with Gasteiger partial charge in [0.1, 0.15) is 16.4 Å². The van der Waals surface area contributed by atoms with Gasteiger partial charge in [0.05, 0.1) is 5.75 Å². The summed E-state index contributed by atoms with van der Waals surface area (Å²) in [6.45, 7) is 7.83. The average Bonchev–Trinajstić information content (AvgIpc) is 3.09. The van der Waals surface area contributed by atoms with Crippen molar-refractivity contribution in [3.8, 4) is 11.5 Å². The number of phenols is 2. The highest BCUT2D eigenvalue weighted by Crippen LogP contribution is 2.39. The normalized spacial score (nSPS) is 14.6. The molecule has 1 aliphatic rings. The number of aryl methyl sites for hydroxylation is 1. The van der Waals surface area contributed by atoms with Gasteiger partial charge in [-0.25, -0.2) is 8.42 Å². The minimum absolute atomic E-state index is 0.0923. The minimum Gasteiger partial charge on any atom is -0.508 e. The standard InChI is InChI=1S/C27H39NO6S/c1-5-6-7-11-21-18-23(29)22(13-12-20(4)10-8-9-19(2)3)26(32)27(21)35(33,34)17-16-28-24(30)14-15-25(28)31/h9,12,18,29,32H,5-8,10-11,13-17H2,1-4H3/b20-12+. The molecule has 2 N–H and O–H groups in total. The van der Waals surface area contributed by atoms with Crippen LogP contribution in [-0.2, 0) is 32.3 Å². The molecule has 1 heterocycles. The SMILES string of the molecule is CCCCCc1cc(O)c(C/C=C(\C)CCC=C(C)C)c(O)c1S(=O)(=O)CCN1C(=O)CCC1=O. The molecule has 0 aliphatic carbocycles. The van der Waals surface area contributed by atoms with Gasteiger partial charge in [0.25, 0.3) is 0 Å². The topological polar surface area (TPSA) is 112 Å². The zero-order chi connectivity index (χ0) is 26.2. The molecule has 2 rings (SSSR count). The zero-order valence-corrected chi connectivity index (χ0v) is 22.2. The molecule has 0 aromatic heterocycles. The number of unbranched alkanes of at least 4 members (excludes halogenated alkanes) is 2. The van der Waals surface area contributed by atoms with Gasteiger partial charge in [0, 0.05) is 24.9 Å². The first-order valence-electron chi connectivity index (χ1n) is 12.4. The van der Waals surface area contributed by atoms with Gasteiger partial charge in [-0.15, -0.1) is 0 Å². The predicted molar refractivity (Wildman–Crippen MR) is 137 cm³/mol. The van der Waals surface area contributed by atoms with E-state index in [9.17, 15) is 28.2 Å². The summed E-state index contributed by atoms with van der Waals surface area (Å²) >= 11 is 0. The molecule has 1 aromatic rings. The highest BCUT2D eigenvalue weighted by molar-refractivity contribution is 7.91. The van der Waals surface area contributed by atoms with E-state index in [-0.39, 0.29) is 53.8 Å². The van der Waals surface area contributed by atoms with Crippen molar-refractivity contribution in [3.63, 3.8) is 0 Å². The molecule has 1 aliphatic heterocycles. The number of rotatable bonds is 13. The number of imide groups is 1. The molecule has 2 amide bonds. The van der Waals surface area contributed by atoms with Crippen LogP contribution in [0.4, 0.5) is 0 Å². The molecule has 194 valence electrons. The lowest BCUT2D eigenvalue weighted by atomic mass is 10.00. The highest BCUT2D eigenvalue weighted by Gasteiger charge is 2.32. The Morgan fingerprint density at radius 3 is 2.31 bits per heavy atom. The van der Waals surface area contributed by atoms with Crippen LogP contribution in [0.15, 0.2) is 34.3 Å². The average molecular weight is 506 g/mol.